The van der Waals surface area contributed by atoms with Crippen molar-refractivity contribution < 1.29 is 0 Å². The van der Waals surface area contributed by atoms with Crippen LogP contribution in [-0.2, 0) is 6.42 Å². The van der Waals surface area contributed by atoms with Gasteiger partial charge in [0, 0.05) is 31.0 Å². The topological polar surface area (TPSA) is 29.0 Å². The summed E-state index contributed by atoms with van der Waals surface area (Å²) in [6, 6.07) is 0. The Morgan fingerprint density at radius 1 is 1.25 bits per heavy atom. The average Bonchev–Trinajstić information content (AvgIpc) is 2.80. The summed E-state index contributed by atoms with van der Waals surface area (Å²) in [6.07, 6.45) is 3.69. The van der Waals surface area contributed by atoms with Crippen molar-refractivity contribution in [2.24, 2.45) is 10.8 Å². The van der Waals surface area contributed by atoms with E-state index in [-0.39, 0.29) is 0 Å². The maximum Gasteiger partial charge on any atom is 0.205 e. The van der Waals surface area contributed by atoms with E-state index in [1.807, 2.05) is 0 Å². The third-order valence-electron chi connectivity index (χ3n) is 4.81. The molecule has 2 atom stereocenters. The molecular formula is C12H19N3S. The van der Waals surface area contributed by atoms with Gasteiger partial charge in [0.15, 0.2) is 0 Å². The molecule has 3 rings (SSSR count). The Bertz CT molecular complexity index is 398. The van der Waals surface area contributed by atoms with E-state index in [4.69, 9.17) is 0 Å². The van der Waals surface area contributed by atoms with Crippen LogP contribution in [0.3, 0.4) is 0 Å². The second-order valence-corrected chi connectivity index (χ2v) is 6.55. The number of nitrogens with zero attached hydrogens (tertiary/aromatic N) is 3. The van der Waals surface area contributed by atoms with Gasteiger partial charge in [-0.2, -0.15) is 4.37 Å². The molecule has 0 unspecified atom stereocenters. The van der Waals surface area contributed by atoms with Gasteiger partial charge in [0.25, 0.3) is 0 Å². The average molecular weight is 237 g/mol. The number of hydrogen-bond donors (Lipinski definition) is 0. The quantitative estimate of drug-likeness (QED) is 0.792. The van der Waals surface area contributed by atoms with E-state index in [9.17, 15) is 0 Å². The molecule has 4 heteroatoms. The number of anilines is 1. The van der Waals surface area contributed by atoms with E-state index in [1.54, 1.807) is 11.5 Å². The summed E-state index contributed by atoms with van der Waals surface area (Å²) >= 11 is 1.57. The first-order valence-electron chi connectivity index (χ1n) is 6.14. The molecule has 0 amide bonds. The molecular weight excluding hydrogens is 218 g/mol. The lowest BCUT2D eigenvalue weighted by molar-refractivity contribution is 0.00430. The first-order valence-corrected chi connectivity index (χ1v) is 6.91. The highest BCUT2D eigenvalue weighted by Gasteiger charge is 2.58. The second-order valence-electron chi connectivity index (χ2n) is 5.82. The Labute approximate surface area is 101 Å². The van der Waals surface area contributed by atoms with E-state index in [0.29, 0.717) is 10.8 Å². The summed E-state index contributed by atoms with van der Waals surface area (Å²) in [5.74, 6) is 0.995. The van der Waals surface area contributed by atoms with Crippen LogP contribution >= 0.6 is 11.5 Å². The molecule has 1 aliphatic carbocycles. The summed E-state index contributed by atoms with van der Waals surface area (Å²) in [6.45, 7) is 9.31. The standard InChI is InChI=1S/C12H19N3S/c1-4-9-13-10(16-14-9)15-7-11(2)5-6-12(11,3)8-15/h4-8H2,1-3H3/t11-,12+. The summed E-state index contributed by atoms with van der Waals surface area (Å²) in [5, 5.41) is 1.13. The summed E-state index contributed by atoms with van der Waals surface area (Å²) in [7, 11) is 0. The van der Waals surface area contributed by atoms with Crippen molar-refractivity contribution in [2.45, 2.75) is 40.0 Å². The summed E-state index contributed by atoms with van der Waals surface area (Å²) in [5.41, 5.74) is 1.04. The van der Waals surface area contributed by atoms with Crippen LogP contribution in [0, 0.1) is 10.8 Å². The molecule has 1 saturated heterocycles. The summed E-state index contributed by atoms with van der Waals surface area (Å²) in [4.78, 5) is 7.05. The molecule has 16 heavy (non-hydrogen) atoms. The van der Waals surface area contributed by atoms with Crippen LogP contribution < -0.4 is 4.90 Å². The lowest BCUT2D eigenvalue weighted by Crippen LogP contribution is -2.45. The Morgan fingerprint density at radius 3 is 2.31 bits per heavy atom. The van der Waals surface area contributed by atoms with Gasteiger partial charge >= 0.3 is 0 Å². The van der Waals surface area contributed by atoms with Crippen LogP contribution in [0.15, 0.2) is 0 Å². The predicted octanol–water partition coefficient (Wildman–Crippen LogP) is 2.73. The monoisotopic (exact) mass is 237 g/mol. The lowest BCUT2D eigenvalue weighted by atomic mass is 9.53. The van der Waals surface area contributed by atoms with E-state index >= 15 is 0 Å². The molecule has 1 saturated carbocycles. The molecule has 1 aromatic heterocycles. The normalized spacial score (nSPS) is 37.3. The molecule has 88 valence electrons. The van der Waals surface area contributed by atoms with Crippen molar-refractivity contribution in [3.63, 3.8) is 0 Å². The first-order chi connectivity index (χ1) is 7.56. The highest BCUT2D eigenvalue weighted by Crippen LogP contribution is 2.61. The Hall–Kier alpha value is -0.640. The summed E-state index contributed by atoms with van der Waals surface area (Å²) < 4.78 is 4.38. The third-order valence-corrected chi connectivity index (χ3v) is 5.62. The van der Waals surface area contributed by atoms with Gasteiger partial charge in [0.2, 0.25) is 5.13 Å². The highest BCUT2D eigenvalue weighted by atomic mass is 32.1. The Balaban J connectivity index is 1.83. The van der Waals surface area contributed by atoms with Gasteiger partial charge in [0.1, 0.15) is 5.82 Å². The zero-order chi connectivity index (χ0) is 11.4. The lowest BCUT2D eigenvalue weighted by Gasteiger charge is -2.50. The van der Waals surface area contributed by atoms with Crippen LogP contribution in [0.5, 0.6) is 0 Å². The largest absolute Gasteiger partial charge is 0.346 e. The number of aromatic nitrogens is 2. The molecule has 2 fully saturated rings. The minimum atomic E-state index is 0.519. The van der Waals surface area contributed by atoms with E-state index in [0.717, 1.165) is 17.4 Å². The third kappa shape index (κ3) is 1.25. The fourth-order valence-corrected chi connectivity index (χ4v) is 3.82. The van der Waals surface area contributed by atoms with Crippen molar-refractivity contribution in [1.29, 1.82) is 0 Å². The molecule has 0 radical (unpaired) electrons. The minimum Gasteiger partial charge on any atom is -0.346 e. The fourth-order valence-electron chi connectivity index (χ4n) is 3.07. The molecule has 1 aliphatic heterocycles. The van der Waals surface area contributed by atoms with Crippen LogP contribution in [0.4, 0.5) is 5.13 Å². The second kappa shape index (κ2) is 3.19. The van der Waals surface area contributed by atoms with Gasteiger partial charge in [0.05, 0.1) is 0 Å². The van der Waals surface area contributed by atoms with Gasteiger partial charge in [-0.15, -0.1) is 0 Å². The fraction of sp³-hybridized carbons (Fsp3) is 0.833. The Morgan fingerprint density at radius 2 is 1.88 bits per heavy atom. The number of aryl methyl sites for hydroxylation is 1. The zero-order valence-corrected chi connectivity index (χ0v) is 11.1. The van der Waals surface area contributed by atoms with Gasteiger partial charge in [-0.05, 0) is 23.7 Å². The molecule has 0 spiro atoms. The van der Waals surface area contributed by atoms with Crippen molar-refractivity contribution in [1.82, 2.24) is 9.36 Å². The molecule has 0 aromatic carbocycles. The van der Waals surface area contributed by atoms with Crippen LogP contribution in [0.1, 0.15) is 39.4 Å². The molecule has 2 heterocycles. The first kappa shape index (κ1) is 10.5. The molecule has 3 nitrogen and oxygen atoms in total. The predicted molar refractivity (Wildman–Crippen MR) is 66.9 cm³/mol. The van der Waals surface area contributed by atoms with Gasteiger partial charge in [-0.1, -0.05) is 20.8 Å². The van der Waals surface area contributed by atoms with Crippen LogP contribution in [-0.4, -0.2) is 22.4 Å². The van der Waals surface area contributed by atoms with E-state index in [2.05, 4.69) is 35.0 Å². The van der Waals surface area contributed by atoms with Gasteiger partial charge < -0.3 is 4.90 Å². The minimum absolute atomic E-state index is 0.519. The highest BCUT2D eigenvalue weighted by molar-refractivity contribution is 7.09. The van der Waals surface area contributed by atoms with Crippen molar-refractivity contribution in [3.8, 4) is 0 Å². The smallest absolute Gasteiger partial charge is 0.205 e. The van der Waals surface area contributed by atoms with Crippen molar-refractivity contribution in [2.75, 3.05) is 18.0 Å². The van der Waals surface area contributed by atoms with Gasteiger partial charge in [-0.3, -0.25) is 0 Å². The van der Waals surface area contributed by atoms with Gasteiger partial charge in [-0.25, -0.2) is 4.98 Å². The van der Waals surface area contributed by atoms with Crippen LogP contribution in [0.2, 0.25) is 0 Å². The maximum absolute atomic E-state index is 4.60. The maximum atomic E-state index is 4.60. The van der Waals surface area contributed by atoms with E-state index < -0.39 is 0 Å². The van der Waals surface area contributed by atoms with Crippen LogP contribution in [0.25, 0.3) is 0 Å². The van der Waals surface area contributed by atoms with E-state index in [1.165, 1.54) is 25.9 Å². The SMILES string of the molecule is CCc1nsc(N2C[C@]3(C)CC[C@]3(C)C2)n1. The zero-order valence-electron chi connectivity index (χ0n) is 10.3. The molecule has 2 aliphatic rings. The Kier molecular flexibility index (Phi) is 2.09. The number of hydrogen-bond acceptors (Lipinski definition) is 4. The number of fused-ring (bicyclic) bond motifs is 1. The number of rotatable bonds is 2. The van der Waals surface area contributed by atoms with Crippen molar-refractivity contribution in [3.05, 3.63) is 5.82 Å². The molecule has 0 N–H and O–H groups in total. The van der Waals surface area contributed by atoms with Crippen molar-refractivity contribution >= 4 is 16.7 Å². The molecule has 1 aromatic rings. The molecule has 0 bridgehead atoms.